The minimum atomic E-state index is -0.504. The van der Waals surface area contributed by atoms with E-state index in [9.17, 15) is 5.11 Å². The van der Waals surface area contributed by atoms with Crippen LogP contribution in [0.15, 0.2) is 11.6 Å². The summed E-state index contributed by atoms with van der Waals surface area (Å²) in [7, 11) is 0. The second kappa shape index (κ2) is 3.98. The van der Waals surface area contributed by atoms with E-state index in [2.05, 4.69) is 4.98 Å². The highest BCUT2D eigenvalue weighted by Gasteiger charge is 2.21. The van der Waals surface area contributed by atoms with Crippen LogP contribution >= 0.6 is 11.3 Å². The second-order valence-electron chi connectivity index (χ2n) is 3.13. The minimum absolute atomic E-state index is 0.170. The summed E-state index contributed by atoms with van der Waals surface area (Å²) in [5, 5.41) is 12.3. The number of aromatic nitrogens is 1. The van der Waals surface area contributed by atoms with Gasteiger partial charge in [-0.15, -0.1) is 11.3 Å². The molecule has 0 radical (unpaired) electrons. The predicted molar refractivity (Wildman–Crippen MR) is 49.9 cm³/mol. The molecule has 1 rings (SSSR count). The lowest BCUT2D eigenvalue weighted by Crippen LogP contribution is -2.30. The third-order valence-electron chi connectivity index (χ3n) is 1.79. The van der Waals surface area contributed by atoms with Crippen molar-refractivity contribution < 1.29 is 5.11 Å². The van der Waals surface area contributed by atoms with Gasteiger partial charge in [-0.25, -0.2) is 4.98 Å². The molecule has 0 aromatic carbocycles. The van der Waals surface area contributed by atoms with Crippen LogP contribution in [0, 0.1) is 5.92 Å². The molecule has 12 heavy (non-hydrogen) atoms. The first-order valence-corrected chi connectivity index (χ1v) is 4.84. The third-order valence-corrected chi connectivity index (χ3v) is 2.66. The Morgan fingerprint density at radius 3 is 2.67 bits per heavy atom. The van der Waals surface area contributed by atoms with Crippen LogP contribution in [0.4, 0.5) is 0 Å². The summed E-state index contributed by atoms with van der Waals surface area (Å²) in [6.45, 7) is 3.89. The molecule has 0 aliphatic heterocycles. The van der Waals surface area contributed by atoms with Crippen LogP contribution in [-0.2, 0) is 0 Å². The van der Waals surface area contributed by atoms with E-state index >= 15 is 0 Å². The molecule has 0 saturated carbocycles. The predicted octanol–water partition coefficient (Wildman–Crippen LogP) is 1.16. The quantitative estimate of drug-likeness (QED) is 0.744. The van der Waals surface area contributed by atoms with E-state index < -0.39 is 6.10 Å². The van der Waals surface area contributed by atoms with E-state index in [0.717, 1.165) is 5.01 Å². The summed E-state index contributed by atoms with van der Waals surface area (Å²) in [4.78, 5) is 4.05. The van der Waals surface area contributed by atoms with Gasteiger partial charge in [0.2, 0.25) is 0 Å². The molecule has 3 N–H and O–H groups in total. The Bertz CT molecular complexity index is 223. The largest absolute Gasteiger partial charge is 0.391 e. The maximum absolute atomic E-state index is 9.61. The maximum atomic E-state index is 9.61. The van der Waals surface area contributed by atoms with Gasteiger partial charge in [0.25, 0.3) is 0 Å². The normalized spacial score (nSPS) is 16.4. The Hall–Kier alpha value is -0.450. The van der Waals surface area contributed by atoms with Gasteiger partial charge in [0.15, 0.2) is 0 Å². The van der Waals surface area contributed by atoms with Crippen molar-refractivity contribution in [1.29, 1.82) is 0 Å². The van der Waals surface area contributed by atoms with E-state index in [4.69, 9.17) is 5.73 Å². The van der Waals surface area contributed by atoms with Crippen LogP contribution in [0.25, 0.3) is 0 Å². The minimum Gasteiger partial charge on any atom is -0.391 e. The smallest absolute Gasteiger partial charge is 0.112 e. The number of rotatable bonds is 3. The van der Waals surface area contributed by atoms with Gasteiger partial charge < -0.3 is 10.8 Å². The topological polar surface area (TPSA) is 59.1 Å². The molecule has 3 nitrogen and oxygen atoms in total. The van der Waals surface area contributed by atoms with Gasteiger partial charge in [0.1, 0.15) is 5.01 Å². The number of hydrogen-bond donors (Lipinski definition) is 2. The SMILES string of the molecule is CC(C)C(O)C(N)c1nccs1. The highest BCUT2D eigenvalue weighted by Crippen LogP contribution is 2.20. The molecular weight excluding hydrogens is 172 g/mol. The highest BCUT2D eigenvalue weighted by atomic mass is 32.1. The summed E-state index contributed by atoms with van der Waals surface area (Å²) in [5.74, 6) is 0.170. The van der Waals surface area contributed by atoms with Crippen LogP contribution in [0.1, 0.15) is 24.9 Å². The molecule has 1 heterocycles. The molecular formula is C8H14N2OS. The third kappa shape index (κ3) is 2.03. The average Bonchev–Trinajstić information content (AvgIpc) is 2.53. The van der Waals surface area contributed by atoms with Crippen molar-refractivity contribution in [3.8, 4) is 0 Å². The summed E-state index contributed by atoms with van der Waals surface area (Å²) < 4.78 is 0. The van der Waals surface area contributed by atoms with Gasteiger partial charge in [0.05, 0.1) is 12.1 Å². The number of aliphatic hydroxyl groups is 1. The van der Waals surface area contributed by atoms with Crippen molar-refractivity contribution in [3.05, 3.63) is 16.6 Å². The molecule has 68 valence electrons. The van der Waals surface area contributed by atoms with Gasteiger partial charge >= 0.3 is 0 Å². The van der Waals surface area contributed by atoms with Crippen molar-refractivity contribution in [3.63, 3.8) is 0 Å². The van der Waals surface area contributed by atoms with Crippen molar-refractivity contribution in [2.24, 2.45) is 11.7 Å². The van der Waals surface area contributed by atoms with Gasteiger partial charge in [0, 0.05) is 11.6 Å². The lowest BCUT2D eigenvalue weighted by atomic mass is 10.0. The highest BCUT2D eigenvalue weighted by molar-refractivity contribution is 7.09. The first-order valence-electron chi connectivity index (χ1n) is 3.96. The van der Waals surface area contributed by atoms with E-state index in [1.54, 1.807) is 6.20 Å². The number of nitrogens with two attached hydrogens (primary N) is 1. The number of aliphatic hydroxyl groups excluding tert-OH is 1. The molecule has 1 aromatic heterocycles. The molecule has 2 unspecified atom stereocenters. The van der Waals surface area contributed by atoms with Crippen molar-refractivity contribution in [1.82, 2.24) is 4.98 Å². The summed E-state index contributed by atoms with van der Waals surface area (Å²) in [5.41, 5.74) is 5.78. The number of thiazole rings is 1. The molecule has 2 atom stereocenters. The molecule has 0 saturated heterocycles. The Labute approximate surface area is 76.3 Å². The molecule has 0 spiro atoms. The van der Waals surface area contributed by atoms with Gasteiger partial charge in [-0.2, -0.15) is 0 Å². The van der Waals surface area contributed by atoms with Crippen LogP contribution in [0.2, 0.25) is 0 Å². The fraction of sp³-hybridized carbons (Fsp3) is 0.625. The molecule has 0 fully saturated rings. The Morgan fingerprint density at radius 2 is 2.25 bits per heavy atom. The Kier molecular flexibility index (Phi) is 3.20. The fourth-order valence-corrected chi connectivity index (χ4v) is 1.64. The zero-order valence-corrected chi connectivity index (χ0v) is 8.08. The lowest BCUT2D eigenvalue weighted by Gasteiger charge is -2.19. The Morgan fingerprint density at radius 1 is 1.58 bits per heavy atom. The van der Waals surface area contributed by atoms with Gasteiger partial charge in [-0.3, -0.25) is 0 Å². The maximum Gasteiger partial charge on any atom is 0.112 e. The molecule has 0 bridgehead atoms. The van der Waals surface area contributed by atoms with E-state index in [0.29, 0.717) is 0 Å². The monoisotopic (exact) mass is 186 g/mol. The van der Waals surface area contributed by atoms with Crippen LogP contribution in [0.5, 0.6) is 0 Å². The fourth-order valence-electron chi connectivity index (χ4n) is 0.960. The molecule has 0 aliphatic rings. The van der Waals surface area contributed by atoms with Crippen molar-refractivity contribution in [2.75, 3.05) is 0 Å². The van der Waals surface area contributed by atoms with E-state index in [1.165, 1.54) is 11.3 Å². The zero-order valence-electron chi connectivity index (χ0n) is 7.27. The second-order valence-corrected chi connectivity index (χ2v) is 4.06. The number of hydrogen-bond acceptors (Lipinski definition) is 4. The lowest BCUT2D eigenvalue weighted by molar-refractivity contribution is 0.0978. The van der Waals surface area contributed by atoms with E-state index in [1.807, 2.05) is 19.2 Å². The van der Waals surface area contributed by atoms with Crippen LogP contribution in [-0.4, -0.2) is 16.2 Å². The summed E-state index contributed by atoms with van der Waals surface area (Å²) in [6.07, 6.45) is 1.20. The molecule has 4 heteroatoms. The Balaban J connectivity index is 2.65. The first kappa shape index (κ1) is 9.64. The van der Waals surface area contributed by atoms with Crippen LogP contribution < -0.4 is 5.73 Å². The number of nitrogens with zero attached hydrogens (tertiary/aromatic N) is 1. The molecule has 1 aromatic rings. The average molecular weight is 186 g/mol. The standard InChI is InChI=1S/C8H14N2OS/c1-5(2)7(11)6(9)8-10-3-4-12-8/h3-7,11H,9H2,1-2H3. The van der Waals surface area contributed by atoms with Crippen molar-refractivity contribution in [2.45, 2.75) is 26.0 Å². The first-order chi connectivity index (χ1) is 5.63. The molecule has 0 aliphatic carbocycles. The van der Waals surface area contributed by atoms with E-state index in [-0.39, 0.29) is 12.0 Å². The zero-order chi connectivity index (χ0) is 9.14. The summed E-state index contributed by atoms with van der Waals surface area (Å²) >= 11 is 1.48. The van der Waals surface area contributed by atoms with Gasteiger partial charge in [-0.05, 0) is 5.92 Å². The summed E-state index contributed by atoms with van der Waals surface area (Å²) in [6, 6.07) is -0.343. The van der Waals surface area contributed by atoms with Crippen LogP contribution in [0.3, 0.4) is 0 Å². The van der Waals surface area contributed by atoms with Crippen molar-refractivity contribution >= 4 is 11.3 Å². The van der Waals surface area contributed by atoms with Gasteiger partial charge in [-0.1, -0.05) is 13.8 Å². The molecule has 0 amide bonds.